The maximum absolute atomic E-state index is 10.6. The molecule has 0 spiro atoms. The zero-order valence-electron chi connectivity index (χ0n) is 11.5. The van der Waals surface area contributed by atoms with Crippen molar-refractivity contribution in [1.29, 1.82) is 0 Å². The first-order valence-corrected chi connectivity index (χ1v) is 7.41. The number of rotatable bonds is 7. The number of hydrogen-bond acceptors (Lipinski definition) is 2. The summed E-state index contributed by atoms with van der Waals surface area (Å²) in [4.78, 5) is 11.9. The fourth-order valence-corrected chi connectivity index (χ4v) is 2.08. The van der Waals surface area contributed by atoms with Crippen molar-refractivity contribution in [2.75, 3.05) is 0 Å². The van der Waals surface area contributed by atoms with Crippen LogP contribution in [-0.4, -0.2) is 6.29 Å². The van der Waals surface area contributed by atoms with Crippen molar-refractivity contribution in [2.24, 2.45) is 0 Å². The molecule has 0 aliphatic heterocycles. The van der Waals surface area contributed by atoms with Crippen LogP contribution in [0, 0.1) is 0 Å². The Balaban J connectivity index is 2.64. The summed E-state index contributed by atoms with van der Waals surface area (Å²) < 4.78 is 0. The second kappa shape index (κ2) is 9.29. The van der Waals surface area contributed by atoms with Gasteiger partial charge in [-0.2, -0.15) is 0 Å². The minimum atomic E-state index is 0.774. The number of thiophene rings is 1. The van der Waals surface area contributed by atoms with Gasteiger partial charge in [-0.3, -0.25) is 4.79 Å². The van der Waals surface area contributed by atoms with Crippen molar-refractivity contribution in [3.8, 4) is 0 Å². The van der Waals surface area contributed by atoms with E-state index >= 15 is 0 Å². The van der Waals surface area contributed by atoms with Gasteiger partial charge in [0.15, 0.2) is 0 Å². The lowest BCUT2D eigenvalue weighted by atomic mass is 10.1. The molecular formula is C17H20OS. The molecule has 0 aliphatic rings. The van der Waals surface area contributed by atoms with Crippen molar-refractivity contribution in [3.05, 3.63) is 63.9 Å². The molecule has 100 valence electrons. The molecule has 0 N–H and O–H groups in total. The first-order valence-electron chi connectivity index (χ1n) is 6.53. The molecule has 19 heavy (non-hydrogen) atoms. The van der Waals surface area contributed by atoms with Crippen molar-refractivity contribution >= 4 is 23.7 Å². The fraction of sp³-hybridized carbons (Fsp3) is 0.235. The lowest BCUT2D eigenvalue weighted by molar-refractivity contribution is -0.105. The topological polar surface area (TPSA) is 17.1 Å². The van der Waals surface area contributed by atoms with Gasteiger partial charge in [-0.15, -0.1) is 11.3 Å². The van der Waals surface area contributed by atoms with E-state index in [0.717, 1.165) is 24.7 Å². The van der Waals surface area contributed by atoms with E-state index < -0.39 is 0 Å². The largest absolute Gasteiger partial charge is 0.298 e. The van der Waals surface area contributed by atoms with E-state index in [4.69, 9.17) is 0 Å². The summed E-state index contributed by atoms with van der Waals surface area (Å²) in [6.07, 6.45) is 14.8. The molecule has 0 aromatic carbocycles. The van der Waals surface area contributed by atoms with Crippen LogP contribution >= 0.6 is 11.3 Å². The summed E-state index contributed by atoms with van der Waals surface area (Å²) >= 11 is 1.73. The molecule has 2 heteroatoms. The third-order valence-corrected chi connectivity index (χ3v) is 3.54. The summed E-state index contributed by atoms with van der Waals surface area (Å²) in [6, 6.07) is 4.15. The molecule has 0 amide bonds. The second-order valence-corrected chi connectivity index (χ2v) is 5.02. The molecule has 0 radical (unpaired) electrons. The van der Waals surface area contributed by atoms with E-state index in [0.29, 0.717) is 0 Å². The maximum Gasteiger partial charge on any atom is 0.146 e. The van der Waals surface area contributed by atoms with E-state index in [-0.39, 0.29) is 0 Å². The van der Waals surface area contributed by atoms with Gasteiger partial charge < -0.3 is 0 Å². The van der Waals surface area contributed by atoms with Gasteiger partial charge >= 0.3 is 0 Å². The van der Waals surface area contributed by atoms with Gasteiger partial charge in [0.05, 0.1) is 0 Å². The average Bonchev–Trinajstić information content (AvgIpc) is 2.95. The van der Waals surface area contributed by atoms with Crippen LogP contribution in [0.1, 0.15) is 31.6 Å². The SMILES string of the molecule is CC\C(C=O)=C/C=C/C=C(/C=C/c1cccs1)CC. The average molecular weight is 272 g/mol. The lowest BCUT2D eigenvalue weighted by Gasteiger charge is -1.94. The molecule has 0 fully saturated rings. The van der Waals surface area contributed by atoms with E-state index in [1.54, 1.807) is 11.3 Å². The summed E-state index contributed by atoms with van der Waals surface area (Å²) in [5.41, 5.74) is 2.08. The number of carbonyl (C=O) groups excluding carboxylic acids is 1. The van der Waals surface area contributed by atoms with Gasteiger partial charge in [0.25, 0.3) is 0 Å². The molecule has 1 aromatic rings. The Kier molecular flexibility index (Phi) is 7.52. The zero-order valence-corrected chi connectivity index (χ0v) is 12.3. The summed E-state index contributed by atoms with van der Waals surface area (Å²) in [6.45, 7) is 4.11. The smallest absolute Gasteiger partial charge is 0.146 e. The quantitative estimate of drug-likeness (QED) is 0.379. The Hall–Kier alpha value is -1.67. The predicted molar refractivity (Wildman–Crippen MR) is 85.3 cm³/mol. The van der Waals surface area contributed by atoms with E-state index in [1.165, 1.54) is 10.5 Å². The minimum absolute atomic E-state index is 0.774. The molecule has 1 aromatic heterocycles. The first-order chi connectivity index (χ1) is 9.30. The van der Waals surface area contributed by atoms with Crippen LogP contribution in [0.3, 0.4) is 0 Å². The highest BCUT2D eigenvalue weighted by Crippen LogP contribution is 2.13. The van der Waals surface area contributed by atoms with E-state index in [9.17, 15) is 4.79 Å². The van der Waals surface area contributed by atoms with Gasteiger partial charge in [-0.25, -0.2) is 0 Å². The second-order valence-electron chi connectivity index (χ2n) is 4.04. The standard InChI is InChI=1S/C17H20OS/c1-3-15(11-12-17-10-7-13-19-17)8-5-6-9-16(4-2)14-18/h5-14H,3-4H2,1-2H3/b6-5+,12-11+,15-8+,16-9+. The molecule has 1 rings (SSSR count). The monoisotopic (exact) mass is 272 g/mol. The van der Waals surface area contributed by atoms with Gasteiger partial charge in [-0.1, -0.05) is 50.3 Å². The fourth-order valence-electron chi connectivity index (χ4n) is 1.47. The van der Waals surface area contributed by atoms with Gasteiger partial charge in [0.1, 0.15) is 6.29 Å². The highest BCUT2D eigenvalue weighted by molar-refractivity contribution is 7.10. The highest BCUT2D eigenvalue weighted by atomic mass is 32.1. The molecule has 0 saturated heterocycles. The van der Waals surface area contributed by atoms with Crippen LogP contribution in [0.4, 0.5) is 0 Å². The van der Waals surface area contributed by atoms with Gasteiger partial charge in [0, 0.05) is 4.88 Å². The van der Waals surface area contributed by atoms with Crippen LogP contribution in [0.25, 0.3) is 6.08 Å². The lowest BCUT2D eigenvalue weighted by Crippen LogP contribution is -1.78. The number of allylic oxidation sites excluding steroid dienone is 7. The van der Waals surface area contributed by atoms with Crippen molar-refractivity contribution < 1.29 is 4.79 Å². The Labute approximate surface area is 119 Å². The van der Waals surface area contributed by atoms with Crippen LogP contribution in [0.2, 0.25) is 0 Å². The zero-order chi connectivity index (χ0) is 13.9. The van der Waals surface area contributed by atoms with Crippen LogP contribution in [0.15, 0.2) is 59.0 Å². The third kappa shape index (κ3) is 6.16. The van der Waals surface area contributed by atoms with Gasteiger partial charge in [-0.05, 0) is 41.5 Å². The van der Waals surface area contributed by atoms with Crippen LogP contribution in [0.5, 0.6) is 0 Å². The Morgan fingerprint density at radius 3 is 2.37 bits per heavy atom. The molecule has 0 aliphatic carbocycles. The van der Waals surface area contributed by atoms with E-state index in [1.807, 2.05) is 25.2 Å². The van der Waals surface area contributed by atoms with E-state index in [2.05, 4.69) is 42.7 Å². The molecular weight excluding hydrogens is 252 g/mol. The molecule has 0 saturated carbocycles. The van der Waals surface area contributed by atoms with Crippen LogP contribution in [-0.2, 0) is 4.79 Å². The first kappa shape index (κ1) is 15.4. The number of carbonyl (C=O) groups is 1. The van der Waals surface area contributed by atoms with Crippen molar-refractivity contribution in [2.45, 2.75) is 26.7 Å². The Morgan fingerprint density at radius 2 is 1.84 bits per heavy atom. The van der Waals surface area contributed by atoms with Crippen LogP contribution < -0.4 is 0 Å². The maximum atomic E-state index is 10.6. The minimum Gasteiger partial charge on any atom is -0.298 e. The predicted octanol–water partition coefficient (Wildman–Crippen LogP) is 5.19. The third-order valence-electron chi connectivity index (χ3n) is 2.70. The highest BCUT2D eigenvalue weighted by Gasteiger charge is 1.89. The normalized spacial score (nSPS) is 13.6. The molecule has 0 bridgehead atoms. The molecule has 0 unspecified atom stereocenters. The Bertz CT molecular complexity index is 487. The summed E-state index contributed by atoms with van der Waals surface area (Å²) in [5, 5.41) is 2.07. The van der Waals surface area contributed by atoms with Crippen molar-refractivity contribution in [3.63, 3.8) is 0 Å². The Morgan fingerprint density at radius 1 is 1.16 bits per heavy atom. The molecule has 1 heterocycles. The summed E-state index contributed by atoms with van der Waals surface area (Å²) in [7, 11) is 0. The van der Waals surface area contributed by atoms with Crippen molar-refractivity contribution in [1.82, 2.24) is 0 Å². The van der Waals surface area contributed by atoms with Gasteiger partial charge in [0.2, 0.25) is 0 Å². The number of hydrogen-bond donors (Lipinski definition) is 0. The molecule has 0 atom stereocenters. The summed E-state index contributed by atoms with van der Waals surface area (Å²) in [5.74, 6) is 0. The number of aldehydes is 1. The molecule has 1 nitrogen and oxygen atoms in total.